The summed E-state index contributed by atoms with van der Waals surface area (Å²) in [5.41, 5.74) is 4.33. The number of anilines is 1. The van der Waals surface area contributed by atoms with Gasteiger partial charge in [0.25, 0.3) is 5.91 Å². The Bertz CT molecular complexity index is 1230. The van der Waals surface area contributed by atoms with Crippen molar-refractivity contribution in [1.29, 1.82) is 0 Å². The number of nitrogens with one attached hydrogen (secondary N) is 1. The topological polar surface area (TPSA) is 95.9 Å². The summed E-state index contributed by atoms with van der Waals surface area (Å²) >= 11 is 0. The molecule has 0 atom stereocenters. The fraction of sp³-hybridized carbons (Fsp3) is 0.222. The summed E-state index contributed by atoms with van der Waals surface area (Å²) in [5, 5.41) is 11.4. The molecule has 0 unspecified atom stereocenters. The first-order valence-electron chi connectivity index (χ1n) is 11.3. The number of carbonyl (C=O) groups excluding carboxylic acids is 2. The fourth-order valence-corrected chi connectivity index (χ4v) is 4.32. The number of halogens is 1. The lowest BCUT2D eigenvalue weighted by molar-refractivity contribution is -0.137. The fourth-order valence-electron chi connectivity index (χ4n) is 4.32. The molecule has 2 amide bonds. The van der Waals surface area contributed by atoms with Gasteiger partial charge in [0.05, 0.1) is 12.0 Å². The zero-order chi connectivity index (χ0) is 24.9. The monoisotopic (exact) mass is 476 g/mol. The molecule has 0 radical (unpaired) electrons. The summed E-state index contributed by atoms with van der Waals surface area (Å²) in [6, 6.07) is 19.6. The van der Waals surface area contributed by atoms with Gasteiger partial charge >= 0.3 is 12.1 Å². The van der Waals surface area contributed by atoms with Crippen LogP contribution in [0.1, 0.15) is 40.7 Å². The van der Waals surface area contributed by atoms with Gasteiger partial charge in [-0.15, -0.1) is 0 Å². The van der Waals surface area contributed by atoms with E-state index in [9.17, 15) is 18.8 Å². The second-order valence-electron chi connectivity index (χ2n) is 8.17. The van der Waals surface area contributed by atoms with Gasteiger partial charge in [0.1, 0.15) is 12.4 Å². The van der Waals surface area contributed by atoms with Crippen molar-refractivity contribution in [1.82, 2.24) is 4.90 Å². The number of carboxylic acids is 1. The predicted octanol–water partition coefficient (Wildman–Crippen LogP) is 5.12. The minimum atomic E-state index is -1.05. The summed E-state index contributed by atoms with van der Waals surface area (Å²) in [4.78, 5) is 37.3. The number of benzene rings is 3. The summed E-state index contributed by atoms with van der Waals surface area (Å²) in [6.07, 6.45) is -0.978. The van der Waals surface area contributed by atoms with E-state index in [2.05, 4.69) is 5.32 Å². The van der Waals surface area contributed by atoms with Crippen LogP contribution in [0.15, 0.2) is 66.7 Å². The number of aliphatic carboxylic acids is 1. The van der Waals surface area contributed by atoms with Crippen LogP contribution in [0.2, 0.25) is 0 Å². The maximum absolute atomic E-state index is 14.4. The number of nitrogens with zero attached hydrogens (tertiary/aromatic N) is 1. The molecule has 2 N–H and O–H groups in total. The average Bonchev–Trinajstić information content (AvgIpc) is 3.17. The molecule has 7 nitrogen and oxygen atoms in total. The van der Waals surface area contributed by atoms with E-state index in [0.29, 0.717) is 0 Å². The Morgan fingerprint density at radius 1 is 1.00 bits per heavy atom. The molecule has 0 spiro atoms. The molecule has 0 fully saturated rings. The number of carboxylic acid groups (broad SMARTS) is 1. The molecule has 0 saturated carbocycles. The van der Waals surface area contributed by atoms with Crippen LogP contribution in [-0.4, -0.2) is 47.7 Å². The van der Waals surface area contributed by atoms with Crippen LogP contribution in [0.4, 0.5) is 14.9 Å². The van der Waals surface area contributed by atoms with E-state index in [4.69, 9.17) is 9.84 Å². The van der Waals surface area contributed by atoms with Gasteiger partial charge in [0, 0.05) is 24.7 Å². The van der Waals surface area contributed by atoms with Crippen molar-refractivity contribution in [3.63, 3.8) is 0 Å². The summed E-state index contributed by atoms with van der Waals surface area (Å²) in [7, 11) is 0. The predicted molar refractivity (Wildman–Crippen MR) is 129 cm³/mol. The van der Waals surface area contributed by atoms with Crippen LogP contribution in [0.25, 0.3) is 11.1 Å². The summed E-state index contributed by atoms with van der Waals surface area (Å²) < 4.78 is 19.9. The molecule has 4 rings (SSSR count). The zero-order valence-corrected chi connectivity index (χ0v) is 19.2. The van der Waals surface area contributed by atoms with Gasteiger partial charge < -0.3 is 14.7 Å². The minimum Gasteiger partial charge on any atom is -0.481 e. The Morgan fingerprint density at radius 3 is 2.23 bits per heavy atom. The van der Waals surface area contributed by atoms with Gasteiger partial charge in [-0.3, -0.25) is 14.9 Å². The van der Waals surface area contributed by atoms with Crippen molar-refractivity contribution in [2.24, 2.45) is 0 Å². The highest BCUT2D eigenvalue weighted by molar-refractivity contribution is 5.96. The lowest BCUT2D eigenvalue weighted by Crippen LogP contribution is -2.33. The molecule has 35 heavy (non-hydrogen) atoms. The van der Waals surface area contributed by atoms with Gasteiger partial charge in [-0.1, -0.05) is 48.5 Å². The smallest absolute Gasteiger partial charge is 0.411 e. The molecule has 180 valence electrons. The number of ether oxygens (including phenoxy) is 1. The van der Waals surface area contributed by atoms with Crippen LogP contribution in [-0.2, 0) is 9.53 Å². The molecular formula is C27H25FN2O5. The lowest BCUT2D eigenvalue weighted by Gasteiger charge is -2.20. The number of hydrogen-bond acceptors (Lipinski definition) is 4. The molecular weight excluding hydrogens is 451 g/mol. The Hall–Kier alpha value is -4.20. The second-order valence-corrected chi connectivity index (χ2v) is 8.17. The maximum Gasteiger partial charge on any atom is 0.411 e. The van der Waals surface area contributed by atoms with Crippen molar-refractivity contribution in [2.45, 2.75) is 19.3 Å². The van der Waals surface area contributed by atoms with Crippen LogP contribution < -0.4 is 5.32 Å². The van der Waals surface area contributed by atoms with Crippen molar-refractivity contribution in [3.05, 3.63) is 89.2 Å². The van der Waals surface area contributed by atoms with Crippen molar-refractivity contribution >= 4 is 23.7 Å². The van der Waals surface area contributed by atoms with E-state index < -0.39 is 23.8 Å². The SMILES string of the molecule is CCN(CCC(=O)O)C(=O)c1cc(NC(=O)OCC2c3ccccc3-c3ccccc32)ccc1F. The van der Waals surface area contributed by atoms with Crippen molar-refractivity contribution < 1.29 is 28.6 Å². The van der Waals surface area contributed by atoms with E-state index in [1.807, 2.05) is 48.5 Å². The first-order valence-corrected chi connectivity index (χ1v) is 11.3. The summed E-state index contributed by atoms with van der Waals surface area (Å²) in [5.74, 6) is -2.57. The molecule has 0 aliphatic heterocycles. The van der Waals surface area contributed by atoms with Crippen LogP contribution in [0, 0.1) is 5.82 Å². The quantitative estimate of drug-likeness (QED) is 0.470. The number of fused-ring (bicyclic) bond motifs is 3. The van der Waals surface area contributed by atoms with Crippen LogP contribution >= 0.6 is 0 Å². The third kappa shape index (κ3) is 5.16. The van der Waals surface area contributed by atoms with Crippen molar-refractivity contribution in [2.75, 3.05) is 25.0 Å². The first kappa shape index (κ1) is 23.9. The summed E-state index contributed by atoms with van der Waals surface area (Å²) in [6.45, 7) is 1.96. The zero-order valence-electron chi connectivity index (χ0n) is 19.2. The van der Waals surface area contributed by atoms with Gasteiger partial charge in [-0.05, 0) is 47.4 Å². The highest BCUT2D eigenvalue weighted by Crippen LogP contribution is 2.44. The van der Waals surface area contributed by atoms with Gasteiger partial charge in [-0.25, -0.2) is 9.18 Å². The molecule has 0 aromatic heterocycles. The second kappa shape index (κ2) is 10.4. The Morgan fingerprint density at radius 2 is 1.63 bits per heavy atom. The van der Waals surface area contributed by atoms with E-state index in [-0.39, 0.29) is 43.3 Å². The van der Waals surface area contributed by atoms with Crippen molar-refractivity contribution in [3.8, 4) is 11.1 Å². The molecule has 3 aromatic carbocycles. The van der Waals surface area contributed by atoms with E-state index in [0.717, 1.165) is 28.3 Å². The first-order chi connectivity index (χ1) is 16.9. The molecule has 0 saturated heterocycles. The van der Waals surface area contributed by atoms with Gasteiger partial charge in [-0.2, -0.15) is 0 Å². The molecule has 0 bridgehead atoms. The minimum absolute atomic E-state index is 0.0475. The lowest BCUT2D eigenvalue weighted by atomic mass is 9.98. The average molecular weight is 477 g/mol. The van der Waals surface area contributed by atoms with Crippen LogP contribution in [0.5, 0.6) is 0 Å². The number of amides is 2. The number of hydrogen-bond donors (Lipinski definition) is 2. The third-order valence-corrected chi connectivity index (χ3v) is 6.05. The van der Waals surface area contributed by atoms with Gasteiger partial charge in [0.15, 0.2) is 0 Å². The molecule has 8 heteroatoms. The standard InChI is InChI=1S/C27H25FN2O5/c1-2-30(14-13-25(31)32)26(33)22-15-17(11-12-24(22)28)29-27(34)35-16-23-20-9-5-3-7-18(20)19-8-4-6-10-21(19)23/h3-12,15,23H,2,13-14,16H2,1H3,(H,29,34)(H,31,32). The largest absolute Gasteiger partial charge is 0.481 e. The van der Waals surface area contributed by atoms with E-state index >= 15 is 0 Å². The molecule has 1 aliphatic rings. The normalized spacial score (nSPS) is 11.9. The molecule has 0 heterocycles. The van der Waals surface area contributed by atoms with Crippen LogP contribution in [0.3, 0.4) is 0 Å². The highest BCUT2D eigenvalue weighted by Gasteiger charge is 2.29. The molecule has 3 aromatic rings. The van der Waals surface area contributed by atoms with Gasteiger partial charge in [0.2, 0.25) is 0 Å². The Balaban J connectivity index is 1.44. The highest BCUT2D eigenvalue weighted by atomic mass is 19.1. The van der Waals surface area contributed by atoms with E-state index in [1.165, 1.54) is 17.0 Å². The third-order valence-electron chi connectivity index (χ3n) is 6.05. The number of carbonyl (C=O) groups is 3. The Kier molecular flexibility index (Phi) is 7.10. The van der Waals surface area contributed by atoms with E-state index in [1.54, 1.807) is 6.92 Å². The maximum atomic E-state index is 14.4. The number of rotatable bonds is 8. The Labute approximate surface area is 202 Å². The molecule has 1 aliphatic carbocycles.